The number of hydrogen-bond donors (Lipinski definition) is 0. The molecule has 2 aromatic carbocycles. The third-order valence-electron chi connectivity index (χ3n) is 4.65. The van der Waals surface area contributed by atoms with E-state index in [-0.39, 0.29) is 0 Å². The topological polar surface area (TPSA) is 36.3 Å². The maximum absolute atomic E-state index is 5.70. The fourth-order valence-corrected chi connectivity index (χ4v) is 3.25. The number of ether oxygens (including phenoxy) is 2. The van der Waals surface area contributed by atoms with Gasteiger partial charge in [-0.2, -0.15) is 0 Å². The Morgan fingerprint density at radius 1 is 0.750 bits per heavy atom. The molecular weight excluding hydrogens is 348 g/mol. The predicted octanol–water partition coefficient (Wildman–Crippen LogP) is 5.44. The molecule has 4 heteroatoms. The largest absolute Gasteiger partial charge is 0.382 e. The molecule has 3 aromatic rings. The van der Waals surface area contributed by atoms with Crippen LogP contribution in [0.25, 0.3) is 22.5 Å². The van der Waals surface area contributed by atoms with Crippen molar-refractivity contribution in [2.24, 2.45) is 0 Å². The summed E-state index contributed by atoms with van der Waals surface area (Å²) in [6.45, 7) is 6.09. The molecule has 0 fully saturated rings. The summed E-state index contributed by atoms with van der Waals surface area (Å²) in [7, 11) is 0. The maximum atomic E-state index is 5.70. The highest BCUT2D eigenvalue weighted by molar-refractivity contribution is 5.78. The van der Waals surface area contributed by atoms with Crippen molar-refractivity contribution in [3.8, 4) is 22.5 Å². The zero-order chi connectivity index (χ0) is 19.4. The second-order valence-corrected chi connectivity index (χ2v) is 6.74. The Kier molecular flexibility index (Phi) is 8.28. The van der Waals surface area contributed by atoms with Gasteiger partial charge in [0.05, 0.1) is 17.7 Å². The van der Waals surface area contributed by atoms with E-state index in [1.165, 1.54) is 11.3 Å². The zero-order valence-electron chi connectivity index (χ0n) is 16.7. The number of rotatable bonds is 12. The summed E-state index contributed by atoms with van der Waals surface area (Å²) in [6.07, 6.45) is 5.04. The van der Waals surface area contributed by atoms with Crippen LogP contribution in [0.1, 0.15) is 26.2 Å². The minimum atomic E-state index is 0.776. The van der Waals surface area contributed by atoms with E-state index in [1.54, 1.807) is 0 Å². The molecule has 0 unspecified atom stereocenters. The van der Waals surface area contributed by atoms with Gasteiger partial charge in [-0.15, -0.1) is 0 Å². The van der Waals surface area contributed by atoms with Crippen molar-refractivity contribution in [2.75, 3.05) is 26.4 Å². The summed E-state index contributed by atoms with van der Waals surface area (Å²) in [5.74, 6) is 0. The third kappa shape index (κ3) is 5.78. The summed E-state index contributed by atoms with van der Waals surface area (Å²) in [5.41, 5.74) is 4.58. The van der Waals surface area contributed by atoms with E-state index in [0.29, 0.717) is 0 Å². The smallest absolute Gasteiger partial charge is 0.0963 e. The lowest BCUT2D eigenvalue weighted by Crippen LogP contribution is -2.04. The molecule has 0 aliphatic rings. The highest BCUT2D eigenvalue weighted by Gasteiger charge is 2.14. The summed E-state index contributed by atoms with van der Waals surface area (Å²) >= 11 is 0. The van der Waals surface area contributed by atoms with Gasteiger partial charge in [0, 0.05) is 44.1 Å². The van der Waals surface area contributed by atoms with Gasteiger partial charge in [0.2, 0.25) is 0 Å². The number of hydrogen-bond acceptors (Lipinski definition) is 3. The van der Waals surface area contributed by atoms with Crippen molar-refractivity contribution in [3.63, 3.8) is 0 Å². The average molecular weight is 379 g/mol. The Labute approximate surface area is 168 Å². The maximum Gasteiger partial charge on any atom is 0.0963 e. The van der Waals surface area contributed by atoms with Crippen molar-refractivity contribution in [1.29, 1.82) is 0 Å². The molecule has 1 heterocycles. The third-order valence-corrected chi connectivity index (χ3v) is 4.65. The number of imidazole rings is 1. The van der Waals surface area contributed by atoms with Gasteiger partial charge in [-0.3, -0.25) is 0 Å². The van der Waals surface area contributed by atoms with Gasteiger partial charge >= 0.3 is 0 Å². The number of unbranched alkanes of at least 4 members (excludes halogenated alkanes) is 1. The van der Waals surface area contributed by atoms with E-state index in [4.69, 9.17) is 14.5 Å². The van der Waals surface area contributed by atoms with Gasteiger partial charge in [-0.25, -0.2) is 4.98 Å². The summed E-state index contributed by atoms with van der Waals surface area (Å²) < 4.78 is 13.3. The minimum Gasteiger partial charge on any atom is -0.382 e. The molecule has 0 atom stereocenters. The number of benzene rings is 2. The van der Waals surface area contributed by atoms with Crippen LogP contribution in [-0.4, -0.2) is 36.0 Å². The number of aromatic nitrogens is 2. The number of aryl methyl sites for hydroxylation is 1. The molecule has 148 valence electrons. The van der Waals surface area contributed by atoms with E-state index in [2.05, 4.69) is 59.2 Å². The highest BCUT2D eigenvalue weighted by atomic mass is 16.5. The molecule has 0 N–H and O–H groups in total. The highest BCUT2D eigenvalue weighted by Crippen LogP contribution is 2.31. The lowest BCUT2D eigenvalue weighted by molar-refractivity contribution is 0.0859. The van der Waals surface area contributed by atoms with Crippen LogP contribution in [0.2, 0.25) is 0 Å². The Morgan fingerprint density at radius 3 is 2.11 bits per heavy atom. The Balaban J connectivity index is 1.60. The summed E-state index contributed by atoms with van der Waals surface area (Å²) in [5, 5.41) is 0. The molecule has 0 aliphatic carbocycles. The van der Waals surface area contributed by atoms with E-state index in [9.17, 15) is 0 Å². The zero-order valence-corrected chi connectivity index (χ0v) is 16.7. The normalized spacial score (nSPS) is 11.0. The molecule has 0 saturated carbocycles. The van der Waals surface area contributed by atoms with E-state index in [1.807, 2.05) is 19.3 Å². The quantitative estimate of drug-likeness (QED) is 0.394. The van der Waals surface area contributed by atoms with Crippen LogP contribution in [-0.2, 0) is 16.0 Å². The SMILES string of the molecule is CCOCCCOCCCCn1cnc(-c2ccccc2)c1-c1ccccc1. The number of nitrogens with zero attached hydrogens (tertiary/aromatic N) is 2. The molecule has 4 nitrogen and oxygen atoms in total. The van der Waals surface area contributed by atoms with E-state index in [0.717, 1.165) is 63.5 Å². The molecule has 0 radical (unpaired) electrons. The van der Waals surface area contributed by atoms with Crippen LogP contribution in [0.4, 0.5) is 0 Å². The monoisotopic (exact) mass is 378 g/mol. The molecule has 0 amide bonds. The predicted molar refractivity (Wildman–Crippen MR) is 114 cm³/mol. The lowest BCUT2D eigenvalue weighted by atomic mass is 10.0. The first kappa shape index (κ1) is 20.3. The first-order valence-corrected chi connectivity index (χ1v) is 10.2. The van der Waals surface area contributed by atoms with Crippen molar-refractivity contribution in [3.05, 3.63) is 67.0 Å². The van der Waals surface area contributed by atoms with E-state index >= 15 is 0 Å². The van der Waals surface area contributed by atoms with Gasteiger partial charge in [-0.05, 0) is 26.2 Å². The van der Waals surface area contributed by atoms with E-state index < -0.39 is 0 Å². The molecule has 0 bridgehead atoms. The first-order valence-electron chi connectivity index (χ1n) is 10.2. The molecule has 0 saturated heterocycles. The van der Waals surface area contributed by atoms with Gasteiger partial charge < -0.3 is 14.0 Å². The minimum absolute atomic E-state index is 0.776. The second kappa shape index (κ2) is 11.4. The Hall–Kier alpha value is -2.43. The fourth-order valence-electron chi connectivity index (χ4n) is 3.25. The van der Waals surface area contributed by atoms with Crippen molar-refractivity contribution in [1.82, 2.24) is 9.55 Å². The van der Waals surface area contributed by atoms with Crippen LogP contribution in [0, 0.1) is 0 Å². The standard InChI is InChI=1S/C24H30N2O2/c1-2-27-18-11-19-28-17-10-9-16-26-20-25-23(21-12-5-3-6-13-21)24(26)22-14-7-4-8-15-22/h3-8,12-15,20H,2,9-11,16-19H2,1H3. The van der Waals surface area contributed by atoms with Crippen LogP contribution in [0.15, 0.2) is 67.0 Å². The van der Waals surface area contributed by atoms with Crippen LogP contribution >= 0.6 is 0 Å². The van der Waals surface area contributed by atoms with Crippen molar-refractivity contribution in [2.45, 2.75) is 32.7 Å². The second-order valence-electron chi connectivity index (χ2n) is 6.74. The molecule has 3 rings (SSSR count). The van der Waals surface area contributed by atoms with Crippen LogP contribution in [0.5, 0.6) is 0 Å². The van der Waals surface area contributed by atoms with Crippen molar-refractivity contribution >= 4 is 0 Å². The average Bonchev–Trinajstić information content (AvgIpc) is 3.18. The van der Waals surface area contributed by atoms with Gasteiger partial charge in [0.15, 0.2) is 0 Å². The molecule has 0 aliphatic heterocycles. The Bertz CT molecular complexity index is 800. The fraction of sp³-hybridized carbons (Fsp3) is 0.375. The summed E-state index contributed by atoms with van der Waals surface area (Å²) in [6, 6.07) is 20.9. The Morgan fingerprint density at radius 2 is 1.39 bits per heavy atom. The van der Waals surface area contributed by atoms with Gasteiger partial charge in [-0.1, -0.05) is 60.7 Å². The molecule has 28 heavy (non-hydrogen) atoms. The first-order chi connectivity index (χ1) is 13.9. The lowest BCUT2D eigenvalue weighted by Gasteiger charge is -2.11. The van der Waals surface area contributed by atoms with Gasteiger partial charge in [0.1, 0.15) is 0 Å². The summed E-state index contributed by atoms with van der Waals surface area (Å²) in [4.78, 5) is 4.74. The molecular formula is C24H30N2O2. The van der Waals surface area contributed by atoms with Crippen LogP contribution < -0.4 is 0 Å². The molecule has 1 aromatic heterocycles. The van der Waals surface area contributed by atoms with Crippen LogP contribution in [0.3, 0.4) is 0 Å². The van der Waals surface area contributed by atoms with Gasteiger partial charge in [0.25, 0.3) is 0 Å². The molecule has 0 spiro atoms. The van der Waals surface area contributed by atoms with Crippen molar-refractivity contribution < 1.29 is 9.47 Å².